The fraction of sp³-hybridized carbons (Fsp3) is 0.609. The second-order valence-electron chi connectivity index (χ2n) is 10.1. The van der Waals surface area contributed by atoms with Gasteiger partial charge in [0.15, 0.2) is 0 Å². The lowest BCUT2D eigenvalue weighted by Crippen LogP contribution is -2.48. The molecule has 1 saturated heterocycles. The number of carbonyl (C=O) groups is 1. The number of nitro groups is 1. The Bertz CT molecular complexity index is 1060. The standard InChI is InChI=1S/C23H27N5O4S/c29-20(18-10-17(28(30)31)1-2-19(18)27-3-5-32-6-4-27)24-22-26-25-21(33-22)23-11-14-7-15(12-23)9-16(8-14)13-23/h1-2,10,14-16H,3-9,11-13H2,(H,24,26,29). The molecule has 174 valence electrons. The molecule has 10 heteroatoms. The minimum atomic E-state index is -0.476. The van der Waals surface area contributed by atoms with E-state index in [0.717, 1.165) is 22.8 Å². The van der Waals surface area contributed by atoms with E-state index in [1.54, 1.807) is 6.07 Å². The number of amides is 1. The summed E-state index contributed by atoms with van der Waals surface area (Å²) in [5.41, 5.74) is 0.966. The maximum Gasteiger partial charge on any atom is 0.270 e. The third-order valence-corrected chi connectivity index (χ3v) is 9.01. The number of ether oxygens (including phenoxy) is 1. The summed E-state index contributed by atoms with van der Waals surface area (Å²) >= 11 is 1.47. The zero-order valence-electron chi connectivity index (χ0n) is 18.4. The average molecular weight is 470 g/mol. The average Bonchev–Trinajstić information content (AvgIpc) is 3.28. The highest BCUT2D eigenvalue weighted by molar-refractivity contribution is 7.15. The van der Waals surface area contributed by atoms with Crippen molar-refractivity contribution in [1.29, 1.82) is 0 Å². The van der Waals surface area contributed by atoms with E-state index in [4.69, 9.17) is 4.74 Å². The number of hydrogen-bond donors (Lipinski definition) is 1. The molecule has 5 fully saturated rings. The minimum Gasteiger partial charge on any atom is -0.378 e. The van der Waals surface area contributed by atoms with Crippen LogP contribution in [0.1, 0.15) is 53.9 Å². The van der Waals surface area contributed by atoms with Crippen LogP contribution in [-0.2, 0) is 10.2 Å². The zero-order valence-corrected chi connectivity index (χ0v) is 19.2. The van der Waals surface area contributed by atoms with Crippen LogP contribution >= 0.6 is 11.3 Å². The van der Waals surface area contributed by atoms with Crippen LogP contribution in [0.25, 0.3) is 0 Å². The van der Waals surface area contributed by atoms with E-state index in [1.807, 2.05) is 4.90 Å². The maximum atomic E-state index is 13.3. The van der Waals surface area contributed by atoms with Crippen LogP contribution in [0, 0.1) is 27.9 Å². The van der Waals surface area contributed by atoms with Crippen molar-refractivity contribution in [3.05, 3.63) is 38.9 Å². The topological polar surface area (TPSA) is 110 Å². The van der Waals surface area contributed by atoms with Crippen molar-refractivity contribution in [1.82, 2.24) is 10.2 Å². The molecule has 4 bridgehead atoms. The normalized spacial score (nSPS) is 30.4. The van der Waals surface area contributed by atoms with Crippen molar-refractivity contribution < 1.29 is 14.5 Å². The molecule has 1 aliphatic heterocycles. The van der Waals surface area contributed by atoms with Gasteiger partial charge in [0.05, 0.1) is 29.4 Å². The van der Waals surface area contributed by atoms with E-state index in [9.17, 15) is 14.9 Å². The molecule has 2 heterocycles. The van der Waals surface area contributed by atoms with Crippen LogP contribution in [0.15, 0.2) is 18.2 Å². The largest absolute Gasteiger partial charge is 0.378 e. The van der Waals surface area contributed by atoms with Gasteiger partial charge in [-0.25, -0.2) is 0 Å². The van der Waals surface area contributed by atoms with Gasteiger partial charge in [0.2, 0.25) is 5.13 Å². The molecule has 7 rings (SSSR count). The molecule has 1 aromatic carbocycles. The van der Waals surface area contributed by atoms with Crippen LogP contribution in [0.5, 0.6) is 0 Å². The summed E-state index contributed by atoms with van der Waals surface area (Å²) in [4.78, 5) is 26.2. The summed E-state index contributed by atoms with van der Waals surface area (Å²) in [5.74, 6) is 2.02. The van der Waals surface area contributed by atoms with E-state index in [2.05, 4.69) is 15.5 Å². The fourth-order valence-corrected chi connectivity index (χ4v) is 7.88. The van der Waals surface area contributed by atoms with Crippen molar-refractivity contribution in [2.24, 2.45) is 17.8 Å². The number of nitrogens with zero attached hydrogens (tertiary/aromatic N) is 4. The molecule has 4 aliphatic carbocycles. The Hall–Kier alpha value is -2.59. The van der Waals surface area contributed by atoms with Crippen LogP contribution in [0.4, 0.5) is 16.5 Å². The molecular weight excluding hydrogens is 442 g/mol. The third kappa shape index (κ3) is 3.78. The van der Waals surface area contributed by atoms with Gasteiger partial charge in [0, 0.05) is 30.6 Å². The van der Waals surface area contributed by atoms with Crippen LogP contribution in [0.3, 0.4) is 0 Å². The molecule has 0 radical (unpaired) electrons. The lowest BCUT2D eigenvalue weighted by atomic mass is 9.50. The zero-order chi connectivity index (χ0) is 22.6. The number of morpholine rings is 1. The predicted molar refractivity (Wildman–Crippen MR) is 124 cm³/mol. The Labute approximate surface area is 195 Å². The second-order valence-corrected chi connectivity index (χ2v) is 11.1. The molecule has 0 spiro atoms. The highest BCUT2D eigenvalue weighted by Gasteiger charge is 2.53. The molecule has 1 amide bonds. The van der Waals surface area contributed by atoms with Gasteiger partial charge in [-0.15, -0.1) is 10.2 Å². The van der Waals surface area contributed by atoms with Gasteiger partial charge < -0.3 is 9.64 Å². The first-order chi connectivity index (χ1) is 16.0. The number of rotatable bonds is 5. The molecule has 1 N–H and O–H groups in total. The highest BCUT2D eigenvalue weighted by atomic mass is 32.1. The molecule has 9 nitrogen and oxygen atoms in total. The van der Waals surface area contributed by atoms with E-state index < -0.39 is 10.8 Å². The number of nitrogens with one attached hydrogen (secondary N) is 1. The molecular formula is C23H27N5O4S. The van der Waals surface area contributed by atoms with Crippen LogP contribution in [-0.4, -0.2) is 47.3 Å². The lowest BCUT2D eigenvalue weighted by molar-refractivity contribution is -0.384. The van der Waals surface area contributed by atoms with Crippen molar-refractivity contribution in [3.8, 4) is 0 Å². The molecule has 33 heavy (non-hydrogen) atoms. The number of anilines is 2. The minimum absolute atomic E-state index is 0.108. The quantitative estimate of drug-likeness (QED) is 0.520. The van der Waals surface area contributed by atoms with Gasteiger partial charge in [-0.05, 0) is 62.3 Å². The first-order valence-electron chi connectivity index (χ1n) is 11.8. The van der Waals surface area contributed by atoms with Gasteiger partial charge >= 0.3 is 0 Å². The number of hydrogen-bond acceptors (Lipinski definition) is 8. The van der Waals surface area contributed by atoms with Gasteiger partial charge in [0.1, 0.15) is 5.01 Å². The Kier molecular flexibility index (Phi) is 5.10. The van der Waals surface area contributed by atoms with Gasteiger partial charge in [-0.3, -0.25) is 20.2 Å². The molecule has 4 saturated carbocycles. The van der Waals surface area contributed by atoms with E-state index in [-0.39, 0.29) is 16.7 Å². The number of non-ortho nitro benzene ring substituents is 1. The van der Waals surface area contributed by atoms with Crippen LogP contribution < -0.4 is 10.2 Å². The van der Waals surface area contributed by atoms with Crippen molar-refractivity contribution >= 4 is 33.8 Å². The van der Waals surface area contributed by atoms with Crippen molar-refractivity contribution in [2.75, 3.05) is 36.5 Å². The van der Waals surface area contributed by atoms with Crippen LogP contribution in [0.2, 0.25) is 0 Å². The molecule has 2 aromatic rings. The Balaban J connectivity index is 1.25. The fourth-order valence-electron chi connectivity index (χ4n) is 6.92. The SMILES string of the molecule is O=C(Nc1nnc(C23CC4CC(CC(C4)C2)C3)s1)c1cc([N+](=O)[O-])ccc1N1CCOCC1. The Morgan fingerprint density at radius 2 is 1.79 bits per heavy atom. The highest BCUT2D eigenvalue weighted by Crippen LogP contribution is 2.61. The van der Waals surface area contributed by atoms with Gasteiger partial charge in [-0.2, -0.15) is 0 Å². The number of nitro benzene ring substituents is 1. The number of benzene rings is 1. The first-order valence-corrected chi connectivity index (χ1v) is 12.6. The van der Waals surface area contributed by atoms with Crippen molar-refractivity contribution in [2.45, 2.75) is 43.9 Å². The summed E-state index contributed by atoms with van der Waals surface area (Å²) in [5, 5.41) is 24.6. The molecule has 0 unspecified atom stereocenters. The predicted octanol–water partition coefficient (Wildman–Crippen LogP) is 4.00. The summed E-state index contributed by atoms with van der Waals surface area (Å²) < 4.78 is 5.42. The second kappa shape index (κ2) is 8.02. The molecule has 1 aromatic heterocycles. The lowest BCUT2D eigenvalue weighted by Gasteiger charge is -2.55. The van der Waals surface area contributed by atoms with E-state index >= 15 is 0 Å². The summed E-state index contributed by atoms with van der Waals surface area (Å²) in [6, 6.07) is 4.44. The van der Waals surface area contributed by atoms with Crippen molar-refractivity contribution in [3.63, 3.8) is 0 Å². The number of carbonyl (C=O) groups excluding carboxylic acids is 1. The monoisotopic (exact) mass is 469 g/mol. The maximum absolute atomic E-state index is 13.3. The van der Waals surface area contributed by atoms with E-state index in [1.165, 1.54) is 62.0 Å². The third-order valence-electron chi connectivity index (χ3n) is 7.92. The smallest absolute Gasteiger partial charge is 0.270 e. The summed E-state index contributed by atoms with van der Waals surface area (Å²) in [7, 11) is 0. The van der Waals surface area contributed by atoms with Gasteiger partial charge in [0.25, 0.3) is 11.6 Å². The number of aromatic nitrogens is 2. The molecule has 0 atom stereocenters. The van der Waals surface area contributed by atoms with E-state index in [0.29, 0.717) is 37.1 Å². The summed E-state index contributed by atoms with van der Waals surface area (Å²) in [6.45, 7) is 2.38. The van der Waals surface area contributed by atoms with Gasteiger partial charge in [-0.1, -0.05) is 11.3 Å². The molecule has 5 aliphatic rings. The Morgan fingerprint density at radius 1 is 1.12 bits per heavy atom. The Morgan fingerprint density at radius 3 is 2.42 bits per heavy atom. The first kappa shape index (κ1) is 21.0. The summed E-state index contributed by atoms with van der Waals surface area (Å²) in [6.07, 6.45) is 7.64.